The predicted octanol–water partition coefficient (Wildman–Crippen LogP) is 1.30. The van der Waals surface area contributed by atoms with E-state index in [2.05, 4.69) is 0 Å². The summed E-state index contributed by atoms with van der Waals surface area (Å²) >= 11 is 0. The van der Waals surface area contributed by atoms with Crippen LogP contribution in [0.5, 0.6) is 0 Å². The average molecular weight is 270 g/mol. The lowest BCUT2D eigenvalue weighted by Gasteiger charge is -2.03. The summed E-state index contributed by atoms with van der Waals surface area (Å²) in [7, 11) is 0. The molecule has 1 rings (SSSR count). The number of hydrogen-bond acceptors (Lipinski definition) is 7. The van der Waals surface area contributed by atoms with Crippen molar-refractivity contribution in [2.24, 2.45) is 5.73 Å². The van der Waals surface area contributed by atoms with Crippen LogP contribution in [0.2, 0.25) is 0 Å². The number of non-ortho nitro benzene ring substituents is 1. The molecule has 0 aliphatic heterocycles. The number of nitrogens with two attached hydrogens (primary N) is 1. The summed E-state index contributed by atoms with van der Waals surface area (Å²) in [5.41, 5.74) is 3.17. The summed E-state index contributed by atoms with van der Waals surface area (Å²) in [6.07, 6.45) is 0.320. The molecule has 10 heteroatoms. The highest BCUT2D eigenvalue weighted by Crippen LogP contribution is 2.34. The number of hydrogen-bond donors (Lipinski definition) is 1. The van der Waals surface area contributed by atoms with Crippen LogP contribution in [-0.2, 0) is 6.42 Å². The number of rotatable bonds is 6. The molecular weight excluding hydrogens is 260 g/mol. The first-order valence-corrected chi connectivity index (χ1v) is 5.18. The highest BCUT2D eigenvalue weighted by Gasteiger charge is 2.29. The summed E-state index contributed by atoms with van der Waals surface area (Å²) in [5, 5.41) is 32.3. The van der Waals surface area contributed by atoms with E-state index in [0.29, 0.717) is 6.42 Å². The van der Waals surface area contributed by atoms with Crippen molar-refractivity contribution < 1.29 is 14.8 Å². The highest BCUT2D eigenvalue weighted by molar-refractivity contribution is 5.60. The number of nitro groups is 3. The maximum atomic E-state index is 10.9. The van der Waals surface area contributed by atoms with Crippen LogP contribution in [0.4, 0.5) is 17.1 Å². The van der Waals surface area contributed by atoms with E-state index in [-0.39, 0.29) is 18.5 Å². The van der Waals surface area contributed by atoms with E-state index < -0.39 is 31.8 Å². The monoisotopic (exact) mass is 270 g/mol. The molecule has 0 aromatic heterocycles. The average Bonchev–Trinajstić information content (AvgIpc) is 2.34. The molecule has 0 amide bonds. The molecular formula is C9H10N4O6. The van der Waals surface area contributed by atoms with E-state index in [4.69, 9.17) is 5.73 Å². The molecule has 0 bridgehead atoms. The van der Waals surface area contributed by atoms with Gasteiger partial charge in [-0.05, 0) is 19.4 Å². The quantitative estimate of drug-likeness (QED) is 0.602. The second-order valence-corrected chi connectivity index (χ2v) is 3.63. The SMILES string of the molecule is NCCCc1c([N+](=O)[O-])cc([N+](=O)[O-])cc1[N+](=O)[O-]. The molecule has 10 nitrogen and oxygen atoms in total. The topological polar surface area (TPSA) is 155 Å². The van der Waals surface area contributed by atoms with Gasteiger partial charge in [-0.15, -0.1) is 0 Å². The maximum absolute atomic E-state index is 10.9. The number of nitro benzene ring substituents is 3. The minimum Gasteiger partial charge on any atom is -0.330 e. The lowest BCUT2D eigenvalue weighted by atomic mass is 10.0. The summed E-state index contributed by atoms with van der Waals surface area (Å²) in [4.78, 5) is 29.7. The third-order valence-electron chi connectivity index (χ3n) is 2.42. The highest BCUT2D eigenvalue weighted by atomic mass is 16.6. The van der Waals surface area contributed by atoms with Crippen molar-refractivity contribution in [2.75, 3.05) is 6.54 Å². The zero-order valence-corrected chi connectivity index (χ0v) is 9.64. The Morgan fingerprint density at radius 3 is 1.74 bits per heavy atom. The fourth-order valence-corrected chi connectivity index (χ4v) is 1.59. The number of benzene rings is 1. The standard InChI is InChI=1S/C9H10N4O6/c10-3-1-2-7-8(12(16)17)4-6(11(14)15)5-9(7)13(18)19/h4-5H,1-3,10H2. The van der Waals surface area contributed by atoms with Crippen LogP contribution in [0.1, 0.15) is 12.0 Å². The Kier molecular flexibility index (Phi) is 4.42. The van der Waals surface area contributed by atoms with Gasteiger partial charge in [-0.25, -0.2) is 0 Å². The predicted molar refractivity (Wildman–Crippen MR) is 63.8 cm³/mol. The summed E-state index contributed by atoms with van der Waals surface area (Å²) < 4.78 is 0. The van der Waals surface area contributed by atoms with Crippen molar-refractivity contribution in [1.29, 1.82) is 0 Å². The zero-order chi connectivity index (χ0) is 14.6. The van der Waals surface area contributed by atoms with Gasteiger partial charge >= 0.3 is 0 Å². The first-order chi connectivity index (χ1) is 8.88. The molecule has 0 heterocycles. The van der Waals surface area contributed by atoms with Crippen molar-refractivity contribution in [1.82, 2.24) is 0 Å². The third kappa shape index (κ3) is 3.19. The van der Waals surface area contributed by atoms with E-state index in [1.807, 2.05) is 0 Å². The largest absolute Gasteiger partial charge is 0.330 e. The molecule has 0 spiro atoms. The molecule has 1 aromatic rings. The Bertz CT molecular complexity index is 509. The number of nitrogens with zero attached hydrogens (tertiary/aromatic N) is 3. The Morgan fingerprint density at radius 2 is 1.42 bits per heavy atom. The Morgan fingerprint density at radius 1 is 0.947 bits per heavy atom. The van der Waals surface area contributed by atoms with Crippen LogP contribution in [0, 0.1) is 30.3 Å². The molecule has 0 unspecified atom stereocenters. The van der Waals surface area contributed by atoms with E-state index >= 15 is 0 Å². The second kappa shape index (κ2) is 5.82. The fraction of sp³-hybridized carbons (Fsp3) is 0.333. The molecule has 0 saturated heterocycles. The van der Waals surface area contributed by atoms with Crippen molar-refractivity contribution in [2.45, 2.75) is 12.8 Å². The van der Waals surface area contributed by atoms with Crippen LogP contribution in [0.15, 0.2) is 12.1 Å². The van der Waals surface area contributed by atoms with E-state index in [9.17, 15) is 30.3 Å². The molecule has 102 valence electrons. The molecule has 0 saturated carbocycles. The van der Waals surface area contributed by atoms with Crippen LogP contribution in [-0.4, -0.2) is 21.3 Å². The first-order valence-electron chi connectivity index (χ1n) is 5.18. The smallest absolute Gasteiger partial charge is 0.286 e. The Balaban J connectivity index is 3.50. The second-order valence-electron chi connectivity index (χ2n) is 3.63. The Labute approximate surface area is 106 Å². The zero-order valence-electron chi connectivity index (χ0n) is 9.64. The normalized spacial score (nSPS) is 10.2. The maximum Gasteiger partial charge on any atom is 0.286 e. The van der Waals surface area contributed by atoms with Crippen LogP contribution < -0.4 is 5.73 Å². The van der Waals surface area contributed by atoms with Crippen molar-refractivity contribution >= 4 is 17.1 Å². The van der Waals surface area contributed by atoms with E-state index in [0.717, 1.165) is 12.1 Å². The van der Waals surface area contributed by atoms with Crippen LogP contribution in [0.25, 0.3) is 0 Å². The van der Waals surface area contributed by atoms with Crippen molar-refractivity contribution in [3.8, 4) is 0 Å². The van der Waals surface area contributed by atoms with Gasteiger partial charge < -0.3 is 5.73 Å². The first kappa shape index (κ1) is 14.4. The van der Waals surface area contributed by atoms with Gasteiger partial charge in [-0.1, -0.05) is 0 Å². The summed E-state index contributed by atoms with van der Waals surface area (Å²) in [6.45, 7) is 0.200. The molecule has 0 atom stereocenters. The molecule has 19 heavy (non-hydrogen) atoms. The van der Waals surface area contributed by atoms with Gasteiger partial charge in [-0.2, -0.15) is 0 Å². The van der Waals surface area contributed by atoms with Crippen LogP contribution in [0.3, 0.4) is 0 Å². The Hall–Kier alpha value is -2.62. The summed E-state index contributed by atoms with van der Waals surface area (Å²) in [5.74, 6) is 0. The minimum atomic E-state index is -0.910. The third-order valence-corrected chi connectivity index (χ3v) is 2.42. The van der Waals surface area contributed by atoms with Crippen molar-refractivity contribution in [3.05, 3.63) is 48.0 Å². The molecule has 0 radical (unpaired) electrons. The van der Waals surface area contributed by atoms with Gasteiger partial charge in [-0.3, -0.25) is 30.3 Å². The van der Waals surface area contributed by atoms with Gasteiger partial charge in [0.25, 0.3) is 17.1 Å². The van der Waals surface area contributed by atoms with Crippen LogP contribution >= 0.6 is 0 Å². The molecule has 2 N–H and O–H groups in total. The van der Waals surface area contributed by atoms with Gasteiger partial charge in [0.15, 0.2) is 0 Å². The molecule has 0 fully saturated rings. The fourth-order valence-electron chi connectivity index (χ4n) is 1.59. The lowest BCUT2D eigenvalue weighted by Crippen LogP contribution is -2.06. The molecule has 1 aromatic carbocycles. The molecule has 0 aliphatic carbocycles. The summed E-state index contributed by atoms with van der Waals surface area (Å²) in [6, 6.07) is 1.44. The minimum absolute atomic E-state index is 0.0150. The van der Waals surface area contributed by atoms with Gasteiger partial charge in [0.1, 0.15) is 5.56 Å². The van der Waals surface area contributed by atoms with Gasteiger partial charge in [0.2, 0.25) is 0 Å². The lowest BCUT2D eigenvalue weighted by molar-refractivity contribution is -0.404. The van der Waals surface area contributed by atoms with E-state index in [1.165, 1.54) is 0 Å². The van der Waals surface area contributed by atoms with E-state index in [1.54, 1.807) is 0 Å². The van der Waals surface area contributed by atoms with Gasteiger partial charge in [0, 0.05) is 0 Å². The molecule has 0 aliphatic rings. The van der Waals surface area contributed by atoms with Gasteiger partial charge in [0.05, 0.1) is 26.9 Å². The van der Waals surface area contributed by atoms with Crippen molar-refractivity contribution in [3.63, 3.8) is 0 Å².